The average Bonchev–Trinajstić information content (AvgIpc) is 2.27. The Balaban J connectivity index is 4.00. The second kappa shape index (κ2) is 8.48. The fourth-order valence-corrected chi connectivity index (χ4v) is 1.85. The van der Waals surface area contributed by atoms with Gasteiger partial charge < -0.3 is 16.0 Å². The summed E-state index contributed by atoms with van der Waals surface area (Å²) in [6.45, 7) is 8.84. The third-order valence-corrected chi connectivity index (χ3v) is 3.25. The van der Waals surface area contributed by atoms with Crippen molar-refractivity contribution in [1.82, 2.24) is 10.2 Å². The van der Waals surface area contributed by atoms with E-state index < -0.39 is 5.54 Å². The summed E-state index contributed by atoms with van der Waals surface area (Å²) in [7, 11) is 2.10. The van der Waals surface area contributed by atoms with E-state index in [1.54, 1.807) is 0 Å². The zero-order valence-corrected chi connectivity index (χ0v) is 11.9. The van der Waals surface area contributed by atoms with Crippen LogP contribution in [0, 0.1) is 0 Å². The highest BCUT2D eigenvalue weighted by atomic mass is 16.1. The Bertz CT molecular complexity index is 221. The average molecular weight is 243 g/mol. The Labute approximate surface area is 106 Å². The predicted molar refractivity (Wildman–Crippen MR) is 72.9 cm³/mol. The zero-order chi connectivity index (χ0) is 13.3. The first-order valence-corrected chi connectivity index (χ1v) is 6.69. The summed E-state index contributed by atoms with van der Waals surface area (Å²) in [4.78, 5) is 13.7. The van der Waals surface area contributed by atoms with Crippen LogP contribution in [-0.2, 0) is 4.79 Å². The van der Waals surface area contributed by atoms with Crippen LogP contribution >= 0.6 is 0 Å². The summed E-state index contributed by atoms with van der Waals surface area (Å²) in [5, 5.41) is 3.18. The molecule has 0 aromatic rings. The van der Waals surface area contributed by atoms with Crippen LogP contribution in [0.2, 0.25) is 0 Å². The van der Waals surface area contributed by atoms with Gasteiger partial charge in [-0.15, -0.1) is 0 Å². The number of unbranched alkanes of at least 4 members (excludes halogenated alkanes) is 2. The van der Waals surface area contributed by atoms with Gasteiger partial charge in [0, 0.05) is 6.54 Å². The van der Waals surface area contributed by atoms with Crippen LogP contribution < -0.4 is 11.1 Å². The van der Waals surface area contributed by atoms with Crippen LogP contribution in [0.3, 0.4) is 0 Å². The van der Waals surface area contributed by atoms with Gasteiger partial charge in [-0.2, -0.15) is 0 Å². The summed E-state index contributed by atoms with van der Waals surface area (Å²) < 4.78 is 0. The molecule has 0 aromatic carbocycles. The summed E-state index contributed by atoms with van der Waals surface area (Å²) in [6.07, 6.45) is 4.50. The zero-order valence-electron chi connectivity index (χ0n) is 11.9. The van der Waals surface area contributed by atoms with E-state index in [-0.39, 0.29) is 5.91 Å². The lowest BCUT2D eigenvalue weighted by molar-refractivity contribution is -0.124. The first-order chi connectivity index (χ1) is 7.96. The van der Waals surface area contributed by atoms with E-state index in [9.17, 15) is 4.79 Å². The van der Waals surface area contributed by atoms with E-state index in [1.165, 1.54) is 19.3 Å². The van der Waals surface area contributed by atoms with E-state index in [1.807, 2.05) is 13.8 Å². The van der Waals surface area contributed by atoms with Crippen molar-refractivity contribution >= 4 is 5.91 Å². The molecule has 0 aliphatic rings. The minimum absolute atomic E-state index is 0.263. The van der Waals surface area contributed by atoms with Crippen molar-refractivity contribution in [3.8, 4) is 0 Å². The number of carbonyl (C=O) groups is 1. The molecule has 3 N–H and O–H groups in total. The molecule has 0 aromatic heterocycles. The Morgan fingerprint density at radius 2 is 1.94 bits per heavy atom. The Hall–Kier alpha value is -0.610. The largest absolute Gasteiger partial charge is 0.368 e. The molecule has 0 radical (unpaired) electrons. The van der Waals surface area contributed by atoms with Gasteiger partial charge in [0.25, 0.3) is 0 Å². The number of hydrogen-bond acceptors (Lipinski definition) is 3. The second-order valence-electron chi connectivity index (χ2n) is 4.99. The fourth-order valence-electron chi connectivity index (χ4n) is 1.85. The molecule has 0 saturated heterocycles. The van der Waals surface area contributed by atoms with Gasteiger partial charge in [0.15, 0.2) is 0 Å². The van der Waals surface area contributed by atoms with Crippen LogP contribution in [0.5, 0.6) is 0 Å². The molecule has 17 heavy (non-hydrogen) atoms. The molecule has 0 heterocycles. The van der Waals surface area contributed by atoms with Crippen molar-refractivity contribution in [2.75, 3.05) is 26.7 Å². The lowest BCUT2D eigenvalue weighted by Gasteiger charge is -2.29. The molecule has 4 nitrogen and oxygen atoms in total. The number of carbonyl (C=O) groups excluding carboxylic acids is 1. The van der Waals surface area contributed by atoms with Crippen molar-refractivity contribution in [3.05, 3.63) is 0 Å². The van der Waals surface area contributed by atoms with Gasteiger partial charge in [-0.1, -0.05) is 26.7 Å². The van der Waals surface area contributed by atoms with E-state index in [2.05, 4.69) is 24.2 Å². The maximum absolute atomic E-state index is 11.4. The third-order valence-electron chi connectivity index (χ3n) is 3.25. The molecule has 0 fully saturated rings. The number of nitrogens with one attached hydrogen (secondary N) is 1. The molecule has 1 atom stereocenters. The summed E-state index contributed by atoms with van der Waals surface area (Å²) >= 11 is 0. The standard InChI is InChI=1S/C13H29N3O/c1-5-7-8-10-16(4)11-9-13(3,12(14)17)15-6-2/h15H,5-11H2,1-4H3,(H2,14,17). The second-order valence-corrected chi connectivity index (χ2v) is 4.99. The topological polar surface area (TPSA) is 58.4 Å². The lowest BCUT2D eigenvalue weighted by Crippen LogP contribution is -2.54. The Morgan fingerprint density at radius 1 is 1.29 bits per heavy atom. The monoisotopic (exact) mass is 243 g/mol. The molecule has 0 bridgehead atoms. The van der Waals surface area contributed by atoms with Crippen molar-refractivity contribution in [2.45, 2.75) is 52.0 Å². The van der Waals surface area contributed by atoms with Crippen molar-refractivity contribution < 1.29 is 4.79 Å². The van der Waals surface area contributed by atoms with Crippen LogP contribution in [0.4, 0.5) is 0 Å². The number of nitrogens with two attached hydrogens (primary N) is 1. The van der Waals surface area contributed by atoms with Gasteiger partial charge >= 0.3 is 0 Å². The lowest BCUT2D eigenvalue weighted by atomic mass is 9.96. The summed E-state index contributed by atoms with van der Waals surface area (Å²) in [5.74, 6) is -0.263. The molecule has 0 saturated carbocycles. The van der Waals surface area contributed by atoms with E-state index in [4.69, 9.17) is 5.73 Å². The summed E-state index contributed by atoms with van der Waals surface area (Å²) in [6, 6.07) is 0. The molecule has 4 heteroatoms. The highest BCUT2D eigenvalue weighted by Crippen LogP contribution is 2.10. The maximum atomic E-state index is 11.4. The maximum Gasteiger partial charge on any atom is 0.237 e. The molecule has 0 aliphatic carbocycles. The molecular weight excluding hydrogens is 214 g/mol. The molecule has 0 rings (SSSR count). The Kier molecular flexibility index (Phi) is 8.17. The quantitative estimate of drug-likeness (QED) is 0.569. The number of amides is 1. The van der Waals surface area contributed by atoms with Gasteiger partial charge in [-0.05, 0) is 39.9 Å². The molecule has 0 spiro atoms. The van der Waals surface area contributed by atoms with Gasteiger partial charge in [0.1, 0.15) is 0 Å². The fraction of sp³-hybridized carbons (Fsp3) is 0.923. The highest BCUT2D eigenvalue weighted by Gasteiger charge is 2.29. The molecule has 1 unspecified atom stereocenters. The van der Waals surface area contributed by atoms with Crippen molar-refractivity contribution in [2.24, 2.45) is 5.73 Å². The number of likely N-dealkylation sites (N-methyl/N-ethyl adjacent to an activating group) is 1. The van der Waals surface area contributed by atoms with E-state index >= 15 is 0 Å². The van der Waals surface area contributed by atoms with Crippen molar-refractivity contribution in [3.63, 3.8) is 0 Å². The normalized spacial score (nSPS) is 14.9. The Morgan fingerprint density at radius 3 is 2.41 bits per heavy atom. The first-order valence-electron chi connectivity index (χ1n) is 6.69. The number of nitrogens with zero attached hydrogens (tertiary/aromatic N) is 1. The number of hydrogen-bond donors (Lipinski definition) is 2. The van der Waals surface area contributed by atoms with Gasteiger partial charge in [0.2, 0.25) is 5.91 Å². The van der Waals surface area contributed by atoms with Gasteiger partial charge in [-0.3, -0.25) is 4.79 Å². The molecular formula is C13H29N3O. The van der Waals surface area contributed by atoms with E-state index in [0.29, 0.717) is 0 Å². The van der Waals surface area contributed by atoms with Crippen LogP contribution in [0.1, 0.15) is 46.5 Å². The predicted octanol–water partition coefficient (Wildman–Crippen LogP) is 1.35. The van der Waals surface area contributed by atoms with Gasteiger partial charge in [-0.25, -0.2) is 0 Å². The SMILES string of the molecule is CCCCCN(C)CCC(C)(NCC)C(N)=O. The third kappa shape index (κ3) is 6.64. The first kappa shape index (κ1) is 16.4. The van der Waals surface area contributed by atoms with Crippen LogP contribution in [-0.4, -0.2) is 43.0 Å². The van der Waals surface area contributed by atoms with Gasteiger partial charge in [0.05, 0.1) is 5.54 Å². The number of rotatable bonds is 10. The highest BCUT2D eigenvalue weighted by molar-refractivity contribution is 5.84. The van der Waals surface area contributed by atoms with Crippen LogP contribution in [0.15, 0.2) is 0 Å². The molecule has 102 valence electrons. The molecule has 0 aliphatic heterocycles. The van der Waals surface area contributed by atoms with Crippen LogP contribution in [0.25, 0.3) is 0 Å². The van der Waals surface area contributed by atoms with E-state index in [0.717, 1.165) is 26.1 Å². The minimum Gasteiger partial charge on any atom is -0.368 e. The minimum atomic E-state index is -0.576. The molecule has 1 amide bonds. The number of primary amides is 1. The van der Waals surface area contributed by atoms with Crippen molar-refractivity contribution in [1.29, 1.82) is 0 Å². The smallest absolute Gasteiger partial charge is 0.237 e. The summed E-state index contributed by atoms with van der Waals surface area (Å²) in [5.41, 5.74) is 4.87.